The molecule has 22 heavy (non-hydrogen) atoms. The number of benzene rings is 2. The van der Waals surface area contributed by atoms with Gasteiger partial charge in [-0.25, -0.2) is 8.78 Å². The molecule has 0 atom stereocenters. The zero-order chi connectivity index (χ0) is 15.5. The summed E-state index contributed by atoms with van der Waals surface area (Å²) in [4.78, 5) is 4.91. The van der Waals surface area contributed by atoms with Gasteiger partial charge in [0.1, 0.15) is 0 Å². The van der Waals surface area contributed by atoms with E-state index in [2.05, 4.69) is 10.1 Å². The van der Waals surface area contributed by atoms with Gasteiger partial charge in [0.25, 0.3) is 5.89 Å². The van der Waals surface area contributed by atoms with Crippen molar-refractivity contribution in [2.75, 3.05) is 0 Å². The number of rotatable bonds is 4. The highest BCUT2D eigenvalue weighted by molar-refractivity contribution is 7.98. The number of nitrogens with zero attached hydrogens (tertiary/aromatic N) is 2. The van der Waals surface area contributed by atoms with Crippen molar-refractivity contribution in [3.63, 3.8) is 0 Å². The molecule has 2 aromatic carbocycles. The van der Waals surface area contributed by atoms with Crippen LogP contribution >= 0.6 is 11.8 Å². The zero-order valence-corrected chi connectivity index (χ0v) is 12.5. The van der Waals surface area contributed by atoms with Crippen LogP contribution in [0, 0.1) is 18.6 Å². The number of aryl methyl sites for hydroxylation is 1. The molecule has 0 amide bonds. The minimum absolute atomic E-state index is 0.417. The second-order valence-corrected chi connectivity index (χ2v) is 5.80. The number of hydrogen-bond donors (Lipinski definition) is 0. The molecule has 1 heterocycles. The van der Waals surface area contributed by atoms with Gasteiger partial charge in [-0.05, 0) is 37.3 Å². The second-order valence-electron chi connectivity index (χ2n) is 4.75. The minimum Gasteiger partial charge on any atom is -0.334 e. The molecule has 0 saturated carbocycles. The van der Waals surface area contributed by atoms with Crippen LogP contribution in [0.15, 0.2) is 51.9 Å². The van der Waals surface area contributed by atoms with Crippen molar-refractivity contribution in [1.82, 2.24) is 10.1 Å². The number of thioether (sulfide) groups is 1. The van der Waals surface area contributed by atoms with E-state index in [9.17, 15) is 8.78 Å². The maximum atomic E-state index is 13.1. The largest absolute Gasteiger partial charge is 0.334 e. The van der Waals surface area contributed by atoms with Gasteiger partial charge in [-0.15, -0.1) is 11.8 Å². The average Bonchev–Trinajstić information content (AvgIpc) is 2.98. The molecule has 0 bridgehead atoms. The van der Waals surface area contributed by atoms with Crippen LogP contribution < -0.4 is 0 Å². The predicted octanol–water partition coefficient (Wildman–Crippen LogP) is 4.62. The van der Waals surface area contributed by atoms with Gasteiger partial charge in [0.2, 0.25) is 0 Å². The van der Waals surface area contributed by atoms with Gasteiger partial charge in [0, 0.05) is 10.5 Å². The van der Waals surface area contributed by atoms with Crippen LogP contribution in [0.4, 0.5) is 8.78 Å². The Bertz CT molecular complexity index is 787. The van der Waals surface area contributed by atoms with Gasteiger partial charge < -0.3 is 4.52 Å². The molecule has 0 fully saturated rings. The molecule has 3 nitrogen and oxygen atoms in total. The number of aromatic nitrogens is 2. The van der Waals surface area contributed by atoms with E-state index in [0.717, 1.165) is 23.3 Å². The fourth-order valence-corrected chi connectivity index (χ4v) is 2.60. The summed E-state index contributed by atoms with van der Waals surface area (Å²) >= 11 is 1.32. The maximum absolute atomic E-state index is 13.1. The molecule has 0 aliphatic rings. The third-order valence-corrected chi connectivity index (χ3v) is 4.02. The van der Waals surface area contributed by atoms with Gasteiger partial charge in [0.15, 0.2) is 17.5 Å². The average molecular weight is 318 g/mol. The molecule has 0 aliphatic carbocycles. The van der Waals surface area contributed by atoms with Crippen molar-refractivity contribution in [1.29, 1.82) is 0 Å². The molecule has 1 aromatic heterocycles. The Balaban J connectivity index is 1.69. The normalized spacial score (nSPS) is 10.9. The third-order valence-electron chi connectivity index (χ3n) is 3.03. The van der Waals surface area contributed by atoms with Gasteiger partial charge in [-0.1, -0.05) is 22.9 Å². The summed E-state index contributed by atoms with van der Waals surface area (Å²) < 4.78 is 31.2. The Hall–Kier alpha value is -2.21. The van der Waals surface area contributed by atoms with E-state index in [0.29, 0.717) is 22.4 Å². The van der Waals surface area contributed by atoms with Crippen molar-refractivity contribution >= 4 is 11.8 Å². The molecule has 3 rings (SSSR count). The summed E-state index contributed by atoms with van der Waals surface area (Å²) in [6.45, 7) is 2.00. The SMILES string of the molecule is Cc1ccc(-c2nc(CSc3ccc(F)c(F)c3)no2)cc1. The van der Waals surface area contributed by atoms with E-state index in [1.54, 1.807) is 0 Å². The van der Waals surface area contributed by atoms with Crippen LogP contribution in [0.5, 0.6) is 0 Å². The zero-order valence-electron chi connectivity index (χ0n) is 11.7. The summed E-state index contributed by atoms with van der Waals surface area (Å²) in [6.07, 6.45) is 0. The summed E-state index contributed by atoms with van der Waals surface area (Å²) in [6, 6.07) is 11.5. The number of hydrogen-bond acceptors (Lipinski definition) is 4. The van der Waals surface area contributed by atoms with E-state index in [1.165, 1.54) is 17.8 Å². The van der Waals surface area contributed by atoms with Crippen LogP contribution in [-0.2, 0) is 5.75 Å². The molecular formula is C16H12F2N2OS. The first-order valence-corrected chi connectivity index (χ1v) is 7.58. The predicted molar refractivity (Wildman–Crippen MR) is 80.4 cm³/mol. The quantitative estimate of drug-likeness (QED) is 0.658. The van der Waals surface area contributed by atoms with Crippen molar-refractivity contribution in [2.24, 2.45) is 0 Å². The lowest BCUT2D eigenvalue weighted by Gasteiger charge is -1.99. The first-order valence-electron chi connectivity index (χ1n) is 6.59. The number of halogens is 2. The van der Waals surface area contributed by atoms with Gasteiger partial charge in [0.05, 0.1) is 5.75 Å². The maximum Gasteiger partial charge on any atom is 0.257 e. The summed E-state index contributed by atoms with van der Waals surface area (Å²) in [5.41, 5.74) is 2.00. The summed E-state index contributed by atoms with van der Waals surface area (Å²) in [5, 5.41) is 3.90. The van der Waals surface area contributed by atoms with Gasteiger partial charge >= 0.3 is 0 Å². The topological polar surface area (TPSA) is 38.9 Å². The van der Waals surface area contributed by atoms with Crippen molar-refractivity contribution in [3.8, 4) is 11.5 Å². The van der Waals surface area contributed by atoms with E-state index in [1.807, 2.05) is 31.2 Å². The van der Waals surface area contributed by atoms with Crippen LogP contribution in [0.2, 0.25) is 0 Å². The smallest absolute Gasteiger partial charge is 0.257 e. The van der Waals surface area contributed by atoms with Crippen molar-refractivity contribution < 1.29 is 13.3 Å². The first-order chi connectivity index (χ1) is 10.6. The first kappa shape index (κ1) is 14.7. The van der Waals surface area contributed by atoms with E-state index < -0.39 is 11.6 Å². The Morgan fingerprint density at radius 3 is 2.55 bits per heavy atom. The highest BCUT2D eigenvalue weighted by Crippen LogP contribution is 2.25. The molecule has 0 saturated heterocycles. The molecule has 3 aromatic rings. The third kappa shape index (κ3) is 3.33. The van der Waals surface area contributed by atoms with Gasteiger partial charge in [-0.3, -0.25) is 0 Å². The molecule has 0 radical (unpaired) electrons. The van der Waals surface area contributed by atoms with Crippen LogP contribution in [0.25, 0.3) is 11.5 Å². The molecule has 0 spiro atoms. The van der Waals surface area contributed by atoms with E-state index >= 15 is 0 Å². The van der Waals surface area contributed by atoms with Crippen LogP contribution in [0.3, 0.4) is 0 Å². The Morgan fingerprint density at radius 1 is 1.05 bits per heavy atom. The standard InChI is InChI=1S/C16H12F2N2OS/c1-10-2-4-11(5-3-10)16-19-15(20-21-16)9-22-12-6-7-13(17)14(18)8-12/h2-8H,9H2,1H3. The Kier molecular flexibility index (Phi) is 4.20. The molecule has 6 heteroatoms. The fourth-order valence-electron chi connectivity index (χ4n) is 1.84. The molecular weight excluding hydrogens is 306 g/mol. The van der Waals surface area contributed by atoms with E-state index in [4.69, 9.17) is 4.52 Å². The van der Waals surface area contributed by atoms with E-state index in [-0.39, 0.29) is 0 Å². The van der Waals surface area contributed by atoms with Gasteiger partial charge in [-0.2, -0.15) is 4.98 Å². The molecule has 0 N–H and O–H groups in total. The molecule has 0 unspecified atom stereocenters. The highest BCUT2D eigenvalue weighted by atomic mass is 32.2. The van der Waals surface area contributed by atoms with Crippen molar-refractivity contribution in [3.05, 3.63) is 65.5 Å². The summed E-state index contributed by atoms with van der Waals surface area (Å²) in [5.74, 6) is -0.351. The minimum atomic E-state index is -0.863. The van der Waals surface area contributed by atoms with Crippen LogP contribution in [0.1, 0.15) is 11.4 Å². The van der Waals surface area contributed by atoms with Crippen LogP contribution in [-0.4, -0.2) is 10.1 Å². The monoisotopic (exact) mass is 318 g/mol. The fraction of sp³-hybridized carbons (Fsp3) is 0.125. The van der Waals surface area contributed by atoms with Crippen molar-refractivity contribution in [2.45, 2.75) is 17.6 Å². The lowest BCUT2D eigenvalue weighted by Crippen LogP contribution is -1.87. The Morgan fingerprint density at radius 2 is 1.82 bits per heavy atom. The second kappa shape index (κ2) is 6.27. The lowest BCUT2D eigenvalue weighted by molar-refractivity contribution is 0.425. The Labute approximate surface area is 130 Å². The highest BCUT2D eigenvalue weighted by Gasteiger charge is 2.10. The molecule has 112 valence electrons. The molecule has 0 aliphatic heterocycles. The summed E-state index contributed by atoms with van der Waals surface area (Å²) in [7, 11) is 0. The lowest BCUT2D eigenvalue weighted by atomic mass is 10.1.